The molecule has 6 nitrogen and oxygen atoms in total. The number of hydrogen-bond donors (Lipinski definition) is 2. The molecule has 8 heteroatoms. The first kappa shape index (κ1) is 19.4. The molecule has 0 unspecified atom stereocenters. The lowest BCUT2D eigenvalue weighted by Crippen LogP contribution is -2.36. The number of nitrogens with one attached hydrogen (secondary N) is 2. The first-order valence-corrected chi connectivity index (χ1v) is 8.67. The number of pyridine rings is 1. The van der Waals surface area contributed by atoms with Crippen molar-refractivity contribution in [3.8, 4) is 0 Å². The Balaban J connectivity index is 1.83. The molecule has 2 amide bonds. The van der Waals surface area contributed by atoms with Gasteiger partial charge in [-0.25, -0.2) is 4.98 Å². The Hall–Kier alpha value is -1.96. The molecular weight excluding hydrogens is 408 g/mol. The second-order valence-electron chi connectivity index (χ2n) is 5.54. The van der Waals surface area contributed by atoms with Crippen molar-refractivity contribution < 1.29 is 9.59 Å². The monoisotopic (exact) mass is 424 g/mol. The minimum Gasteiger partial charge on any atom is -0.325 e. The van der Waals surface area contributed by atoms with Crippen LogP contribution >= 0.6 is 27.5 Å². The summed E-state index contributed by atoms with van der Waals surface area (Å²) in [5, 5.41) is 6.06. The van der Waals surface area contributed by atoms with Gasteiger partial charge in [0.05, 0.1) is 13.1 Å². The Morgan fingerprint density at radius 2 is 1.84 bits per heavy atom. The van der Waals surface area contributed by atoms with Crippen molar-refractivity contribution in [3.63, 3.8) is 0 Å². The second kappa shape index (κ2) is 8.94. The molecule has 0 spiro atoms. The van der Waals surface area contributed by atoms with Crippen molar-refractivity contribution in [1.82, 2.24) is 9.88 Å². The normalized spacial score (nSPS) is 10.6. The fourth-order valence-electron chi connectivity index (χ4n) is 2.11. The van der Waals surface area contributed by atoms with Gasteiger partial charge in [-0.05, 0) is 59.7 Å². The number of carbonyl (C=O) groups is 2. The summed E-state index contributed by atoms with van der Waals surface area (Å²) in [6, 6.07) is 8.79. The molecule has 2 rings (SSSR count). The zero-order valence-electron chi connectivity index (χ0n) is 13.8. The highest BCUT2D eigenvalue weighted by atomic mass is 79.9. The highest BCUT2D eigenvalue weighted by Crippen LogP contribution is 2.22. The molecule has 0 fully saturated rings. The smallest absolute Gasteiger partial charge is 0.239 e. The molecule has 132 valence electrons. The zero-order chi connectivity index (χ0) is 18.4. The third-order valence-corrected chi connectivity index (χ3v) is 4.24. The lowest BCUT2D eigenvalue weighted by atomic mass is 10.2. The van der Waals surface area contributed by atoms with Gasteiger partial charge in [-0.3, -0.25) is 14.5 Å². The number of hydrogen-bond acceptors (Lipinski definition) is 4. The van der Waals surface area contributed by atoms with Gasteiger partial charge < -0.3 is 10.6 Å². The van der Waals surface area contributed by atoms with E-state index < -0.39 is 0 Å². The van der Waals surface area contributed by atoms with E-state index in [0.29, 0.717) is 16.5 Å². The third-order valence-electron chi connectivity index (χ3n) is 3.36. The Labute approximate surface area is 159 Å². The lowest BCUT2D eigenvalue weighted by Gasteiger charge is -2.16. The van der Waals surface area contributed by atoms with Crippen molar-refractivity contribution in [1.29, 1.82) is 0 Å². The van der Waals surface area contributed by atoms with Gasteiger partial charge in [0.25, 0.3) is 0 Å². The SMILES string of the molecule is Cc1c(Cl)cccc1NC(=O)CN(C)CC(=O)Nc1ccc(Br)cn1. The van der Waals surface area contributed by atoms with E-state index in [2.05, 4.69) is 31.5 Å². The van der Waals surface area contributed by atoms with Gasteiger partial charge in [-0.15, -0.1) is 0 Å². The van der Waals surface area contributed by atoms with E-state index in [0.717, 1.165) is 10.0 Å². The molecule has 0 atom stereocenters. The molecule has 25 heavy (non-hydrogen) atoms. The van der Waals surface area contributed by atoms with Crippen molar-refractivity contribution in [2.24, 2.45) is 0 Å². The summed E-state index contributed by atoms with van der Waals surface area (Å²) < 4.78 is 0.829. The summed E-state index contributed by atoms with van der Waals surface area (Å²) in [6.07, 6.45) is 1.60. The molecule has 0 aliphatic heterocycles. The molecular formula is C17H18BrClN4O2. The van der Waals surface area contributed by atoms with Crippen molar-refractivity contribution in [2.75, 3.05) is 30.8 Å². The van der Waals surface area contributed by atoms with E-state index in [-0.39, 0.29) is 24.9 Å². The van der Waals surface area contributed by atoms with Crippen LogP contribution in [0, 0.1) is 6.92 Å². The molecule has 1 heterocycles. The number of nitrogens with zero attached hydrogens (tertiary/aromatic N) is 2. The third kappa shape index (κ3) is 6.12. The molecule has 1 aromatic carbocycles. The number of amides is 2. The zero-order valence-corrected chi connectivity index (χ0v) is 16.2. The molecule has 0 bridgehead atoms. The topological polar surface area (TPSA) is 74.3 Å². The fraction of sp³-hybridized carbons (Fsp3) is 0.235. The first-order chi connectivity index (χ1) is 11.8. The van der Waals surface area contributed by atoms with Gasteiger partial charge in [-0.2, -0.15) is 0 Å². The number of carbonyl (C=O) groups excluding carboxylic acids is 2. The average Bonchev–Trinajstić information content (AvgIpc) is 2.53. The van der Waals surface area contributed by atoms with E-state index in [1.807, 2.05) is 6.92 Å². The predicted molar refractivity (Wildman–Crippen MR) is 103 cm³/mol. The van der Waals surface area contributed by atoms with Gasteiger partial charge >= 0.3 is 0 Å². The largest absolute Gasteiger partial charge is 0.325 e. The minimum atomic E-state index is -0.246. The van der Waals surface area contributed by atoms with Crippen LogP contribution in [-0.4, -0.2) is 41.8 Å². The number of benzene rings is 1. The summed E-state index contributed by atoms with van der Waals surface area (Å²) >= 11 is 9.31. The van der Waals surface area contributed by atoms with E-state index >= 15 is 0 Å². The molecule has 0 aliphatic carbocycles. The van der Waals surface area contributed by atoms with Crippen LogP contribution in [-0.2, 0) is 9.59 Å². The lowest BCUT2D eigenvalue weighted by molar-refractivity contribution is -0.119. The van der Waals surface area contributed by atoms with Gasteiger partial charge in [0, 0.05) is 21.4 Å². The van der Waals surface area contributed by atoms with Crippen LogP contribution in [0.4, 0.5) is 11.5 Å². The summed E-state index contributed by atoms with van der Waals surface area (Å²) in [6.45, 7) is 1.98. The highest BCUT2D eigenvalue weighted by Gasteiger charge is 2.13. The van der Waals surface area contributed by atoms with Crippen LogP contribution in [0.1, 0.15) is 5.56 Å². The van der Waals surface area contributed by atoms with E-state index in [4.69, 9.17) is 11.6 Å². The predicted octanol–water partition coefficient (Wildman–Crippen LogP) is 3.31. The molecule has 2 aromatic rings. The standard InChI is InChI=1S/C17H18BrClN4O2/c1-11-13(19)4-3-5-14(11)21-16(24)9-23(2)10-17(25)22-15-7-6-12(18)8-20-15/h3-8H,9-10H2,1-2H3,(H,21,24)(H,20,22,25). The maximum absolute atomic E-state index is 12.1. The van der Waals surface area contributed by atoms with Gasteiger partial charge in [0.15, 0.2) is 0 Å². The van der Waals surface area contributed by atoms with Gasteiger partial charge in [-0.1, -0.05) is 17.7 Å². The van der Waals surface area contributed by atoms with Crippen LogP contribution in [0.25, 0.3) is 0 Å². The summed E-state index contributed by atoms with van der Waals surface area (Å²) in [5.41, 5.74) is 1.47. The van der Waals surface area contributed by atoms with E-state index in [1.54, 1.807) is 48.5 Å². The molecule has 0 saturated heterocycles. The Kier molecular flexibility index (Phi) is 6.92. The number of anilines is 2. The quantitative estimate of drug-likeness (QED) is 0.744. The second-order valence-corrected chi connectivity index (χ2v) is 6.87. The van der Waals surface area contributed by atoms with Crippen LogP contribution in [0.15, 0.2) is 41.0 Å². The maximum Gasteiger partial charge on any atom is 0.239 e. The number of aromatic nitrogens is 1. The van der Waals surface area contributed by atoms with E-state index in [1.165, 1.54) is 0 Å². The molecule has 1 aromatic heterocycles. The van der Waals surface area contributed by atoms with Gasteiger partial charge in [0.2, 0.25) is 11.8 Å². The van der Waals surface area contributed by atoms with Crippen LogP contribution in [0.2, 0.25) is 5.02 Å². The Bertz CT molecular complexity index is 768. The van der Waals surface area contributed by atoms with Crippen molar-refractivity contribution in [3.05, 3.63) is 51.6 Å². The van der Waals surface area contributed by atoms with Gasteiger partial charge in [0.1, 0.15) is 5.82 Å². The maximum atomic E-state index is 12.1. The Morgan fingerprint density at radius 1 is 1.16 bits per heavy atom. The van der Waals surface area contributed by atoms with E-state index in [9.17, 15) is 9.59 Å². The number of halogens is 2. The molecule has 0 aliphatic rings. The summed E-state index contributed by atoms with van der Waals surface area (Å²) in [7, 11) is 1.69. The van der Waals surface area contributed by atoms with Crippen molar-refractivity contribution in [2.45, 2.75) is 6.92 Å². The molecule has 2 N–H and O–H groups in total. The number of rotatable bonds is 6. The Morgan fingerprint density at radius 3 is 2.48 bits per heavy atom. The first-order valence-electron chi connectivity index (χ1n) is 7.50. The number of likely N-dealkylation sites (N-methyl/N-ethyl adjacent to an activating group) is 1. The fourth-order valence-corrected chi connectivity index (χ4v) is 2.52. The summed E-state index contributed by atoms with van der Waals surface area (Å²) in [4.78, 5) is 29.8. The molecule has 0 radical (unpaired) electrons. The highest BCUT2D eigenvalue weighted by molar-refractivity contribution is 9.10. The van der Waals surface area contributed by atoms with Crippen LogP contribution < -0.4 is 10.6 Å². The molecule has 0 saturated carbocycles. The van der Waals surface area contributed by atoms with Crippen LogP contribution in [0.5, 0.6) is 0 Å². The van der Waals surface area contributed by atoms with Crippen LogP contribution in [0.3, 0.4) is 0 Å². The minimum absolute atomic E-state index is 0.0691. The van der Waals surface area contributed by atoms with Crippen molar-refractivity contribution >= 4 is 50.9 Å². The average molecular weight is 426 g/mol. The summed E-state index contributed by atoms with van der Waals surface area (Å²) in [5.74, 6) is -0.00732.